The molecule has 0 unspecified atom stereocenters. The van der Waals surface area contributed by atoms with Crippen LogP contribution in [0.2, 0.25) is 0 Å². The van der Waals surface area contributed by atoms with E-state index >= 15 is 0 Å². The lowest BCUT2D eigenvalue weighted by Gasteiger charge is -2.14. The largest absolute Gasteiger partial charge is 0.461 e. The van der Waals surface area contributed by atoms with Gasteiger partial charge in [-0.2, -0.15) is 0 Å². The molecule has 1 aromatic carbocycles. The van der Waals surface area contributed by atoms with Crippen LogP contribution in [-0.2, 0) is 25.7 Å². The summed E-state index contributed by atoms with van der Waals surface area (Å²) in [5, 5.41) is 0. The van der Waals surface area contributed by atoms with Crippen LogP contribution >= 0.6 is 0 Å². The normalized spacial score (nSPS) is 13.6. The number of carbonyl (C=O) groups excluding carboxylic acids is 2. The lowest BCUT2D eigenvalue weighted by atomic mass is 9.97. The van der Waals surface area contributed by atoms with Crippen molar-refractivity contribution in [3.63, 3.8) is 0 Å². The zero-order valence-electron chi connectivity index (χ0n) is 12.3. The fourth-order valence-corrected chi connectivity index (χ4v) is 1.80. The van der Waals surface area contributed by atoms with Crippen molar-refractivity contribution < 1.29 is 19.1 Å². The summed E-state index contributed by atoms with van der Waals surface area (Å²) >= 11 is 0. The van der Waals surface area contributed by atoms with Gasteiger partial charge in [-0.25, -0.2) is 0 Å². The maximum Gasteiger partial charge on any atom is 0.309 e. The molecule has 0 fully saturated rings. The number of hydrogen-bond acceptors (Lipinski definition) is 4. The van der Waals surface area contributed by atoms with Gasteiger partial charge in [-0.05, 0) is 5.56 Å². The van der Waals surface area contributed by atoms with Crippen molar-refractivity contribution in [3.05, 3.63) is 35.9 Å². The lowest BCUT2D eigenvalue weighted by Crippen LogP contribution is -2.23. The van der Waals surface area contributed by atoms with Crippen molar-refractivity contribution in [2.45, 2.75) is 26.9 Å². The van der Waals surface area contributed by atoms with Gasteiger partial charge in [0.15, 0.2) is 0 Å². The third kappa shape index (κ3) is 5.53. The van der Waals surface area contributed by atoms with E-state index in [-0.39, 0.29) is 30.7 Å². The zero-order chi connectivity index (χ0) is 15.0. The Bertz CT molecular complexity index is 427. The maximum absolute atomic E-state index is 11.8. The summed E-state index contributed by atoms with van der Waals surface area (Å²) < 4.78 is 10.1. The van der Waals surface area contributed by atoms with Gasteiger partial charge in [0, 0.05) is 19.4 Å². The highest BCUT2D eigenvalue weighted by Gasteiger charge is 2.21. The molecular weight excluding hydrogens is 256 g/mol. The van der Waals surface area contributed by atoms with E-state index in [1.807, 2.05) is 30.3 Å². The number of carbonyl (C=O) groups is 2. The van der Waals surface area contributed by atoms with Gasteiger partial charge in [-0.1, -0.05) is 44.2 Å². The first-order valence-electron chi connectivity index (χ1n) is 6.76. The first-order chi connectivity index (χ1) is 9.54. The second-order valence-electron chi connectivity index (χ2n) is 5.02. The minimum absolute atomic E-state index is 0.0241. The van der Waals surface area contributed by atoms with Crippen molar-refractivity contribution in [3.8, 4) is 0 Å². The van der Waals surface area contributed by atoms with Crippen LogP contribution in [0.4, 0.5) is 0 Å². The summed E-state index contributed by atoms with van der Waals surface area (Å²) in [4.78, 5) is 23.7. The summed E-state index contributed by atoms with van der Waals surface area (Å²) in [5.74, 6) is -0.933. The summed E-state index contributed by atoms with van der Waals surface area (Å²) in [6, 6.07) is 9.47. The van der Waals surface area contributed by atoms with Crippen molar-refractivity contribution >= 4 is 11.8 Å². The minimum atomic E-state index is -0.425. The molecule has 4 heteroatoms. The predicted molar refractivity (Wildman–Crippen MR) is 76.1 cm³/mol. The van der Waals surface area contributed by atoms with E-state index in [1.54, 1.807) is 21.0 Å². The number of Topliss-reactive ketones (excluding diaryl/α,β-unsaturated/α-hetero) is 1. The highest BCUT2D eigenvalue weighted by molar-refractivity contribution is 5.85. The third-order valence-corrected chi connectivity index (χ3v) is 3.10. The molecular formula is C16H22O4. The topological polar surface area (TPSA) is 52.6 Å². The molecule has 0 aliphatic heterocycles. The van der Waals surface area contributed by atoms with Gasteiger partial charge in [0.05, 0.1) is 12.5 Å². The van der Waals surface area contributed by atoms with E-state index in [1.165, 1.54) is 0 Å². The van der Waals surface area contributed by atoms with Crippen LogP contribution < -0.4 is 0 Å². The smallest absolute Gasteiger partial charge is 0.309 e. The van der Waals surface area contributed by atoms with Crippen molar-refractivity contribution in [2.75, 3.05) is 13.7 Å². The summed E-state index contributed by atoms with van der Waals surface area (Å²) in [6.45, 7) is 4.13. The Morgan fingerprint density at radius 3 is 2.35 bits per heavy atom. The molecule has 0 aromatic heterocycles. The number of methoxy groups -OCH3 is 1. The number of ether oxygens (including phenoxy) is 2. The van der Waals surface area contributed by atoms with Crippen LogP contribution in [0.1, 0.15) is 25.8 Å². The molecule has 2 atom stereocenters. The van der Waals surface area contributed by atoms with Crippen LogP contribution in [0.25, 0.3) is 0 Å². The Morgan fingerprint density at radius 2 is 1.75 bits per heavy atom. The first kappa shape index (κ1) is 16.4. The molecule has 0 heterocycles. The molecule has 0 spiro atoms. The fraction of sp³-hybridized carbons (Fsp3) is 0.500. The number of ketones is 1. The Hall–Kier alpha value is -1.68. The summed E-state index contributed by atoms with van der Waals surface area (Å²) in [5.41, 5.74) is 0.937. The molecule has 0 aliphatic rings. The predicted octanol–water partition coefficient (Wildman–Crippen LogP) is 2.61. The SMILES string of the molecule is COC[C@H](C)C(=O)C[C@@H](C)C(=O)OCc1ccccc1. The first-order valence-corrected chi connectivity index (χ1v) is 6.76. The molecule has 0 aliphatic carbocycles. The monoisotopic (exact) mass is 278 g/mol. The molecule has 0 saturated heterocycles. The second-order valence-corrected chi connectivity index (χ2v) is 5.02. The average molecular weight is 278 g/mol. The second kappa shape index (κ2) is 8.48. The van der Waals surface area contributed by atoms with Crippen LogP contribution in [-0.4, -0.2) is 25.5 Å². The number of rotatable bonds is 8. The molecule has 20 heavy (non-hydrogen) atoms. The maximum atomic E-state index is 11.8. The van der Waals surface area contributed by atoms with Crippen molar-refractivity contribution in [1.29, 1.82) is 0 Å². The van der Waals surface area contributed by atoms with Crippen molar-refractivity contribution in [2.24, 2.45) is 11.8 Å². The van der Waals surface area contributed by atoms with Gasteiger partial charge < -0.3 is 9.47 Å². The Balaban J connectivity index is 2.37. The molecule has 0 amide bonds. The van der Waals surface area contributed by atoms with E-state index in [4.69, 9.17) is 9.47 Å². The molecule has 0 radical (unpaired) electrons. The van der Waals surface area contributed by atoms with E-state index in [0.29, 0.717) is 6.61 Å². The van der Waals surface area contributed by atoms with Gasteiger partial charge in [-0.3, -0.25) is 9.59 Å². The van der Waals surface area contributed by atoms with Gasteiger partial charge in [0.2, 0.25) is 0 Å². The lowest BCUT2D eigenvalue weighted by molar-refractivity contribution is -0.151. The number of benzene rings is 1. The van der Waals surface area contributed by atoms with Gasteiger partial charge in [0.1, 0.15) is 12.4 Å². The number of esters is 1. The van der Waals surface area contributed by atoms with Crippen LogP contribution in [0.15, 0.2) is 30.3 Å². The standard InChI is InChI=1S/C16H22O4/c1-12(9-15(17)13(2)10-19-3)16(18)20-11-14-7-5-4-6-8-14/h4-8,12-13H,9-11H2,1-3H3/t12-,13+/m1/s1. The van der Waals surface area contributed by atoms with E-state index < -0.39 is 5.92 Å². The molecule has 0 N–H and O–H groups in total. The van der Waals surface area contributed by atoms with Crippen LogP contribution in [0.3, 0.4) is 0 Å². The van der Waals surface area contributed by atoms with Gasteiger partial charge in [-0.15, -0.1) is 0 Å². The summed E-state index contributed by atoms with van der Waals surface area (Å²) in [6.07, 6.45) is 0.193. The highest BCUT2D eigenvalue weighted by atomic mass is 16.5. The Kier molecular flexibility index (Phi) is 6.94. The zero-order valence-corrected chi connectivity index (χ0v) is 12.3. The number of hydrogen-bond donors (Lipinski definition) is 0. The average Bonchev–Trinajstić information content (AvgIpc) is 2.45. The molecule has 4 nitrogen and oxygen atoms in total. The van der Waals surface area contributed by atoms with E-state index in [0.717, 1.165) is 5.56 Å². The molecule has 1 rings (SSSR count). The van der Waals surface area contributed by atoms with Gasteiger partial charge in [0.25, 0.3) is 0 Å². The molecule has 1 aromatic rings. The minimum Gasteiger partial charge on any atom is -0.461 e. The molecule has 0 saturated carbocycles. The Morgan fingerprint density at radius 1 is 1.10 bits per heavy atom. The van der Waals surface area contributed by atoms with Crippen LogP contribution in [0, 0.1) is 11.8 Å². The Labute approximate surface area is 120 Å². The third-order valence-electron chi connectivity index (χ3n) is 3.10. The van der Waals surface area contributed by atoms with Gasteiger partial charge >= 0.3 is 5.97 Å². The molecule has 110 valence electrons. The van der Waals surface area contributed by atoms with Crippen LogP contribution in [0.5, 0.6) is 0 Å². The van der Waals surface area contributed by atoms with Crippen molar-refractivity contribution in [1.82, 2.24) is 0 Å². The van der Waals surface area contributed by atoms with E-state index in [2.05, 4.69) is 0 Å². The molecule has 0 bridgehead atoms. The summed E-state index contributed by atoms with van der Waals surface area (Å²) in [7, 11) is 1.56. The fourth-order valence-electron chi connectivity index (χ4n) is 1.80. The quantitative estimate of drug-likeness (QED) is 0.686. The van der Waals surface area contributed by atoms with E-state index in [9.17, 15) is 9.59 Å². The highest BCUT2D eigenvalue weighted by Crippen LogP contribution is 2.12.